The Morgan fingerprint density at radius 3 is 2.48 bits per heavy atom. The third kappa shape index (κ3) is 4.79. The van der Waals surface area contributed by atoms with Crippen molar-refractivity contribution in [2.45, 2.75) is 45.0 Å². The van der Waals surface area contributed by atoms with Gasteiger partial charge in [0.25, 0.3) is 0 Å². The van der Waals surface area contributed by atoms with Crippen LogP contribution in [0, 0.1) is 0 Å². The Morgan fingerprint density at radius 2 is 1.96 bits per heavy atom. The number of aliphatic hydroxyl groups is 1. The van der Waals surface area contributed by atoms with Crippen LogP contribution < -0.4 is 5.73 Å². The number of nitrogens with zero attached hydrogens (tertiary/aromatic N) is 3. The molecule has 1 atom stereocenters. The average molecular weight is 356 g/mol. The molecule has 0 aliphatic heterocycles. The average Bonchev–Trinajstić information content (AvgIpc) is 2.93. The molecule has 0 aliphatic rings. The monoisotopic (exact) mass is 356 g/mol. The summed E-state index contributed by atoms with van der Waals surface area (Å²) in [5.41, 5.74) is 4.58. The minimum atomic E-state index is -4.45. The number of rotatable bonds is 7. The van der Waals surface area contributed by atoms with E-state index in [-0.39, 0.29) is 23.6 Å². The molecular weight excluding hydrogens is 337 g/mol. The van der Waals surface area contributed by atoms with Crippen molar-refractivity contribution < 1.29 is 23.1 Å². The molecule has 0 fully saturated rings. The van der Waals surface area contributed by atoms with Crippen LogP contribution in [0.4, 0.5) is 13.2 Å². The number of benzene rings is 1. The highest BCUT2D eigenvalue weighted by Crippen LogP contribution is 2.30. The molecule has 136 valence electrons. The molecule has 9 heteroatoms. The van der Waals surface area contributed by atoms with E-state index in [4.69, 9.17) is 5.73 Å². The van der Waals surface area contributed by atoms with Crippen molar-refractivity contribution in [3.8, 4) is 0 Å². The molecule has 0 saturated heterocycles. The van der Waals surface area contributed by atoms with E-state index in [1.807, 2.05) is 6.92 Å². The number of aromatic nitrogens is 3. The number of alkyl halides is 3. The Labute approximate surface area is 142 Å². The number of nitrogens with two attached hydrogens (primary N) is 1. The number of carbonyl (C=O) groups is 1. The lowest BCUT2D eigenvalue weighted by Crippen LogP contribution is -2.14. The van der Waals surface area contributed by atoms with E-state index < -0.39 is 23.8 Å². The van der Waals surface area contributed by atoms with Crippen LogP contribution in [0.15, 0.2) is 24.3 Å². The quantitative estimate of drug-likeness (QED) is 0.795. The van der Waals surface area contributed by atoms with Crippen molar-refractivity contribution in [1.29, 1.82) is 0 Å². The highest BCUT2D eigenvalue weighted by molar-refractivity contribution is 5.75. The molecule has 6 nitrogen and oxygen atoms in total. The van der Waals surface area contributed by atoms with Crippen molar-refractivity contribution >= 4 is 5.91 Å². The van der Waals surface area contributed by atoms with Gasteiger partial charge in [-0.3, -0.25) is 4.79 Å². The molecule has 1 amide bonds. The number of aryl methyl sites for hydroxylation is 1. The molecule has 2 aromatic rings. The molecule has 1 aromatic carbocycles. The van der Waals surface area contributed by atoms with E-state index >= 15 is 0 Å². The zero-order valence-electron chi connectivity index (χ0n) is 13.6. The first-order chi connectivity index (χ1) is 11.7. The lowest BCUT2D eigenvalue weighted by atomic mass is 10.1. The van der Waals surface area contributed by atoms with Crippen LogP contribution in [0.3, 0.4) is 0 Å². The van der Waals surface area contributed by atoms with E-state index in [1.165, 1.54) is 16.8 Å². The maximum atomic E-state index is 12.6. The Bertz CT molecular complexity index is 726. The lowest BCUT2D eigenvalue weighted by molar-refractivity contribution is -0.137. The van der Waals surface area contributed by atoms with Crippen molar-refractivity contribution in [3.05, 3.63) is 47.0 Å². The Kier molecular flexibility index (Phi) is 5.78. The fourth-order valence-electron chi connectivity index (χ4n) is 2.31. The molecule has 0 aliphatic carbocycles. The summed E-state index contributed by atoms with van der Waals surface area (Å²) in [7, 11) is 0. The summed E-state index contributed by atoms with van der Waals surface area (Å²) < 4.78 is 39.4. The molecule has 0 saturated carbocycles. The van der Waals surface area contributed by atoms with Crippen LogP contribution in [-0.2, 0) is 23.9 Å². The van der Waals surface area contributed by atoms with E-state index in [0.29, 0.717) is 6.54 Å². The predicted octanol–water partition coefficient (Wildman–Crippen LogP) is 2.21. The largest absolute Gasteiger partial charge is 0.416 e. The van der Waals surface area contributed by atoms with Crippen LogP contribution in [0.2, 0.25) is 0 Å². The second-order valence-electron chi connectivity index (χ2n) is 5.63. The maximum Gasteiger partial charge on any atom is 0.416 e. The van der Waals surface area contributed by atoms with Gasteiger partial charge in [-0.05, 0) is 24.1 Å². The summed E-state index contributed by atoms with van der Waals surface area (Å²) in [6, 6.07) is 4.19. The number of aliphatic hydroxyl groups excluding tert-OH is 1. The summed E-state index contributed by atoms with van der Waals surface area (Å²) in [6.07, 6.45) is -4.23. The Hall–Kier alpha value is -2.42. The minimum absolute atomic E-state index is 0.171. The number of hydrogen-bond donors (Lipinski definition) is 2. The van der Waals surface area contributed by atoms with Gasteiger partial charge in [-0.25, -0.2) is 9.67 Å². The van der Waals surface area contributed by atoms with E-state index in [2.05, 4.69) is 10.1 Å². The summed E-state index contributed by atoms with van der Waals surface area (Å²) in [5, 5.41) is 14.6. The zero-order valence-corrected chi connectivity index (χ0v) is 13.6. The molecule has 0 bridgehead atoms. The Morgan fingerprint density at radius 1 is 1.32 bits per heavy atom. The summed E-state index contributed by atoms with van der Waals surface area (Å²) in [4.78, 5) is 15.2. The van der Waals surface area contributed by atoms with Crippen LogP contribution in [-0.4, -0.2) is 25.8 Å². The molecule has 2 rings (SSSR count). The smallest absolute Gasteiger partial charge is 0.380 e. The first kappa shape index (κ1) is 18.9. The van der Waals surface area contributed by atoms with Crippen LogP contribution in [0.1, 0.15) is 48.6 Å². The van der Waals surface area contributed by atoms with Crippen molar-refractivity contribution in [1.82, 2.24) is 14.8 Å². The second-order valence-corrected chi connectivity index (χ2v) is 5.63. The van der Waals surface area contributed by atoms with Crippen molar-refractivity contribution in [2.24, 2.45) is 5.73 Å². The van der Waals surface area contributed by atoms with Gasteiger partial charge in [0.15, 0.2) is 11.6 Å². The number of carbonyl (C=O) groups excluding carboxylic acids is 1. The molecule has 0 radical (unpaired) electrons. The minimum Gasteiger partial charge on any atom is -0.380 e. The number of unbranched alkanes of at least 4 members (excludes halogenated alkanes) is 1. The third-order valence-electron chi connectivity index (χ3n) is 3.60. The predicted molar refractivity (Wildman–Crippen MR) is 83.3 cm³/mol. The van der Waals surface area contributed by atoms with E-state index in [9.17, 15) is 23.1 Å². The molecule has 25 heavy (non-hydrogen) atoms. The molecule has 1 heterocycles. The summed E-state index contributed by atoms with van der Waals surface area (Å²) in [6.45, 7) is 2.45. The van der Waals surface area contributed by atoms with Gasteiger partial charge in [-0.2, -0.15) is 18.3 Å². The highest BCUT2D eigenvalue weighted by Gasteiger charge is 2.30. The molecule has 3 N–H and O–H groups in total. The number of amides is 1. The van der Waals surface area contributed by atoms with Gasteiger partial charge < -0.3 is 10.8 Å². The van der Waals surface area contributed by atoms with Crippen molar-refractivity contribution in [2.75, 3.05) is 0 Å². The normalized spacial score (nSPS) is 13.0. The van der Waals surface area contributed by atoms with E-state index in [1.54, 1.807) is 0 Å². The summed E-state index contributed by atoms with van der Waals surface area (Å²) in [5.74, 6) is -0.266. The maximum absolute atomic E-state index is 12.6. The van der Waals surface area contributed by atoms with Crippen molar-refractivity contribution in [3.63, 3.8) is 0 Å². The van der Waals surface area contributed by atoms with Crippen LogP contribution >= 0.6 is 0 Å². The van der Waals surface area contributed by atoms with Crippen LogP contribution in [0.25, 0.3) is 0 Å². The first-order valence-corrected chi connectivity index (χ1v) is 7.79. The standard InChI is InChI=1S/C16H19F3N4O2/c1-2-3-8-23-15(21-13(22-23)9-12(20)24)14(25)10-4-6-11(7-5-10)16(17,18)19/h4-7,14,25H,2-3,8-9H2,1H3,(H2,20,24)/t14-/m1/s1. The number of halogens is 3. The Balaban J connectivity index is 2.31. The molecular formula is C16H19F3N4O2. The van der Waals surface area contributed by atoms with Crippen LogP contribution in [0.5, 0.6) is 0 Å². The van der Waals surface area contributed by atoms with Gasteiger partial charge in [0, 0.05) is 6.54 Å². The lowest BCUT2D eigenvalue weighted by Gasteiger charge is -2.13. The van der Waals surface area contributed by atoms with Gasteiger partial charge >= 0.3 is 6.18 Å². The summed E-state index contributed by atoms with van der Waals surface area (Å²) >= 11 is 0. The number of hydrogen-bond acceptors (Lipinski definition) is 4. The first-order valence-electron chi connectivity index (χ1n) is 7.79. The molecule has 0 spiro atoms. The van der Waals surface area contributed by atoms with Gasteiger partial charge in [0.2, 0.25) is 5.91 Å². The van der Waals surface area contributed by atoms with Gasteiger partial charge in [-0.1, -0.05) is 25.5 Å². The van der Waals surface area contributed by atoms with Gasteiger partial charge in [-0.15, -0.1) is 0 Å². The fourth-order valence-corrected chi connectivity index (χ4v) is 2.31. The molecule has 0 unspecified atom stereocenters. The fraction of sp³-hybridized carbons (Fsp3) is 0.438. The highest BCUT2D eigenvalue weighted by atomic mass is 19.4. The SMILES string of the molecule is CCCCn1nc(CC(N)=O)nc1[C@H](O)c1ccc(C(F)(F)F)cc1. The second kappa shape index (κ2) is 7.64. The zero-order chi connectivity index (χ0) is 18.6. The van der Waals surface area contributed by atoms with E-state index in [0.717, 1.165) is 25.0 Å². The van der Waals surface area contributed by atoms with Gasteiger partial charge in [0.05, 0.1) is 12.0 Å². The third-order valence-corrected chi connectivity index (χ3v) is 3.60. The van der Waals surface area contributed by atoms with Gasteiger partial charge in [0.1, 0.15) is 6.10 Å². The number of primary amides is 1. The topological polar surface area (TPSA) is 94.0 Å². The molecule has 1 aromatic heterocycles.